The Morgan fingerprint density at radius 2 is 2.41 bits per heavy atom. The number of carbonyl (C=O) groups excluding carboxylic acids is 1. The van der Waals surface area contributed by atoms with Crippen LogP contribution in [0.25, 0.3) is 0 Å². The molecule has 0 aromatic carbocycles. The van der Waals surface area contributed by atoms with E-state index in [0.29, 0.717) is 18.2 Å². The van der Waals surface area contributed by atoms with Crippen molar-refractivity contribution in [2.45, 2.75) is 13.5 Å². The molecule has 2 heterocycles. The smallest absolute Gasteiger partial charge is 0.360 e. The van der Waals surface area contributed by atoms with Gasteiger partial charge in [-0.05, 0) is 6.92 Å². The summed E-state index contributed by atoms with van der Waals surface area (Å²) in [5.74, 6) is 0.945. The van der Waals surface area contributed by atoms with Gasteiger partial charge in [-0.3, -0.25) is 5.10 Å². The quantitative estimate of drug-likeness (QED) is 0.709. The molecule has 0 amide bonds. The molecule has 8 nitrogen and oxygen atoms in total. The number of nitrogen functional groups attached to an aromatic ring is 1. The molecule has 0 saturated carbocycles. The first-order valence-corrected chi connectivity index (χ1v) is 4.88. The molecule has 17 heavy (non-hydrogen) atoms. The van der Waals surface area contributed by atoms with E-state index in [1.54, 1.807) is 11.5 Å². The normalized spacial score (nSPS) is 10.5. The van der Waals surface area contributed by atoms with Crippen LogP contribution in [-0.4, -0.2) is 37.8 Å². The molecule has 0 aliphatic heterocycles. The maximum Gasteiger partial charge on any atom is 0.360 e. The summed E-state index contributed by atoms with van der Waals surface area (Å²) in [7, 11) is 1.28. The van der Waals surface area contributed by atoms with Crippen molar-refractivity contribution in [2.24, 2.45) is 0 Å². The largest absolute Gasteiger partial charge is 0.464 e. The Morgan fingerprint density at radius 1 is 1.65 bits per heavy atom. The predicted molar refractivity (Wildman–Crippen MR) is 58.2 cm³/mol. The maximum absolute atomic E-state index is 11.4. The zero-order chi connectivity index (χ0) is 12.4. The molecule has 2 rings (SSSR count). The van der Waals surface area contributed by atoms with Gasteiger partial charge in [-0.25, -0.2) is 14.8 Å². The SMILES string of the molecule is COC(=O)c1nc(C)n(Cc2ncn[nH]2)c1N. The third-order valence-electron chi connectivity index (χ3n) is 2.35. The number of methoxy groups -OCH3 is 1. The molecular weight excluding hydrogens is 224 g/mol. The molecule has 0 radical (unpaired) electrons. The van der Waals surface area contributed by atoms with Crippen molar-refractivity contribution in [3.63, 3.8) is 0 Å². The molecular formula is C9H12N6O2. The summed E-state index contributed by atoms with van der Waals surface area (Å²) in [4.78, 5) is 19.4. The number of H-pyrrole nitrogens is 1. The lowest BCUT2D eigenvalue weighted by atomic mass is 10.4. The molecule has 2 aromatic rings. The van der Waals surface area contributed by atoms with E-state index < -0.39 is 5.97 Å². The number of ether oxygens (including phenoxy) is 1. The highest BCUT2D eigenvalue weighted by molar-refractivity contribution is 5.92. The fourth-order valence-electron chi connectivity index (χ4n) is 1.48. The van der Waals surface area contributed by atoms with Gasteiger partial charge < -0.3 is 15.0 Å². The van der Waals surface area contributed by atoms with E-state index in [-0.39, 0.29) is 11.5 Å². The Balaban J connectivity index is 2.35. The van der Waals surface area contributed by atoms with E-state index in [0.717, 1.165) is 0 Å². The van der Waals surface area contributed by atoms with Crippen LogP contribution in [0.5, 0.6) is 0 Å². The third-order valence-corrected chi connectivity index (χ3v) is 2.35. The van der Waals surface area contributed by atoms with E-state index in [1.165, 1.54) is 13.4 Å². The average molecular weight is 236 g/mol. The summed E-state index contributed by atoms with van der Waals surface area (Å²) in [6, 6.07) is 0. The number of imidazole rings is 1. The number of hydrogen-bond acceptors (Lipinski definition) is 6. The van der Waals surface area contributed by atoms with Crippen LogP contribution in [0.15, 0.2) is 6.33 Å². The molecule has 0 fully saturated rings. The van der Waals surface area contributed by atoms with Crippen molar-refractivity contribution in [1.82, 2.24) is 24.7 Å². The van der Waals surface area contributed by atoms with E-state index in [1.807, 2.05) is 0 Å². The second-order valence-corrected chi connectivity index (χ2v) is 3.40. The first-order chi connectivity index (χ1) is 8.13. The first kappa shape index (κ1) is 11.1. The predicted octanol–water partition coefficient (Wildman–Crippen LogP) is -0.273. The number of carbonyl (C=O) groups is 1. The number of nitrogens with one attached hydrogen (secondary N) is 1. The van der Waals surface area contributed by atoms with Crippen molar-refractivity contribution in [3.8, 4) is 0 Å². The minimum Gasteiger partial charge on any atom is -0.464 e. The van der Waals surface area contributed by atoms with Crippen molar-refractivity contribution in [1.29, 1.82) is 0 Å². The van der Waals surface area contributed by atoms with Gasteiger partial charge in [-0.15, -0.1) is 0 Å². The van der Waals surface area contributed by atoms with Crippen LogP contribution in [0.4, 0.5) is 5.82 Å². The topological polar surface area (TPSA) is 112 Å². The zero-order valence-corrected chi connectivity index (χ0v) is 9.47. The number of nitrogens with zero attached hydrogens (tertiary/aromatic N) is 4. The summed E-state index contributed by atoms with van der Waals surface area (Å²) in [5, 5.41) is 6.44. The van der Waals surface area contributed by atoms with E-state index >= 15 is 0 Å². The first-order valence-electron chi connectivity index (χ1n) is 4.88. The van der Waals surface area contributed by atoms with Crippen LogP contribution in [-0.2, 0) is 11.3 Å². The maximum atomic E-state index is 11.4. The number of aryl methyl sites for hydroxylation is 1. The lowest BCUT2D eigenvalue weighted by Gasteiger charge is -2.04. The van der Waals surface area contributed by atoms with Gasteiger partial charge in [0.1, 0.15) is 23.8 Å². The Labute approximate surface area is 96.8 Å². The minimum absolute atomic E-state index is 0.115. The molecule has 0 spiro atoms. The van der Waals surface area contributed by atoms with Crippen LogP contribution >= 0.6 is 0 Å². The van der Waals surface area contributed by atoms with Gasteiger partial charge in [0, 0.05) is 0 Å². The van der Waals surface area contributed by atoms with Crippen molar-refractivity contribution in [3.05, 3.63) is 23.7 Å². The van der Waals surface area contributed by atoms with Crippen molar-refractivity contribution >= 4 is 11.8 Å². The molecule has 90 valence electrons. The van der Waals surface area contributed by atoms with E-state index in [2.05, 4.69) is 24.9 Å². The minimum atomic E-state index is -0.554. The van der Waals surface area contributed by atoms with Gasteiger partial charge in [-0.2, -0.15) is 5.10 Å². The number of hydrogen-bond donors (Lipinski definition) is 2. The fourth-order valence-corrected chi connectivity index (χ4v) is 1.48. The van der Waals surface area contributed by atoms with Crippen LogP contribution in [0, 0.1) is 6.92 Å². The summed E-state index contributed by atoms with van der Waals surface area (Å²) in [6.07, 6.45) is 1.40. The molecule has 0 atom stereocenters. The highest BCUT2D eigenvalue weighted by Gasteiger charge is 2.19. The molecule has 0 aliphatic rings. The summed E-state index contributed by atoms with van der Waals surface area (Å²) >= 11 is 0. The lowest BCUT2D eigenvalue weighted by molar-refractivity contribution is 0.0595. The zero-order valence-electron chi connectivity index (χ0n) is 9.47. The number of esters is 1. The summed E-state index contributed by atoms with van der Waals surface area (Å²) < 4.78 is 6.25. The lowest BCUT2D eigenvalue weighted by Crippen LogP contribution is -2.10. The number of anilines is 1. The average Bonchev–Trinajstić information content (AvgIpc) is 2.91. The molecule has 8 heteroatoms. The summed E-state index contributed by atoms with van der Waals surface area (Å²) in [5.41, 5.74) is 5.95. The van der Waals surface area contributed by atoms with Gasteiger partial charge in [0.2, 0.25) is 0 Å². The number of rotatable bonds is 3. The second-order valence-electron chi connectivity index (χ2n) is 3.40. The number of nitrogens with two attached hydrogens (primary N) is 1. The van der Waals surface area contributed by atoms with Crippen LogP contribution in [0.1, 0.15) is 22.1 Å². The van der Waals surface area contributed by atoms with Gasteiger partial charge >= 0.3 is 5.97 Å². The van der Waals surface area contributed by atoms with Crippen molar-refractivity contribution < 1.29 is 9.53 Å². The van der Waals surface area contributed by atoms with Gasteiger partial charge in [-0.1, -0.05) is 0 Å². The van der Waals surface area contributed by atoms with Crippen LogP contribution in [0.2, 0.25) is 0 Å². The van der Waals surface area contributed by atoms with E-state index in [9.17, 15) is 4.79 Å². The summed E-state index contributed by atoms with van der Waals surface area (Å²) in [6.45, 7) is 2.13. The van der Waals surface area contributed by atoms with Gasteiger partial charge in [0.15, 0.2) is 5.69 Å². The second kappa shape index (κ2) is 4.24. The Morgan fingerprint density at radius 3 is 3.00 bits per heavy atom. The number of aromatic nitrogens is 5. The Hall–Kier alpha value is -2.38. The molecule has 0 aliphatic carbocycles. The van der Waals surface area contributed by atoms with E-state index in [4.69, 9.17) is 5.73 Å². The molecule has 0 saturated heterocycles. The van der Waals surface area contributed by atoms with Crippen LogP contribution < -0.4 is 5.73 Å². The Kier molecular flexibility index (Phi) is 2.77. The molecule has 0 unspecified atom stereocenters. The van der Waals surface area contributed by atoms with Crippen molar-refractivity contribution in [2.75, 3.05) is 12.8 Å². The highest BCUT2D eigenvalue weighted by atomic mass is 16.5. The molecule has 0 bridgehead atoms. The molecule has 2 aromatic heterocycles. The monoisotopic (exact) mass is 236 g/mol. The van der Waals surface area contributed by atoms with Gasteiger partial charge in [0.25, 0.3) is 0 Å². The molecule has 3 N–H and O–H groups in total. The van der Waals surface area contributed by atoms with Gasteiger partial charge in [0.05, 0.1) is 13.7 Å². The van der Waals surface area contributed by atoms with Crippen LogP contribution in [0.3, 0.4) is 0 Å². The standard InChI is InChI=1S/C9H12N6O2/c1-5-13-7(9(16)17-2)8(10)15(5)3-6-11-4-12-14-6/h4H,3,10H2,1-2H3,(H,11,12,14). The third kappa shape index (κ3) is 1.96. The fraction of sp³-hybridized carbons (Fsp3) is 0.333. The highest BCUT2D eigenvalue weighted by Crippen LogP contribution is 2.15. The number of aromatic amines is 1. The Bertz CT molecular complexity index is 530.